The summed E-state index contributed by atoms with van der Waals surface area (Å²) in [5.41, 5.74) is 0. The predicted molar refractivity (Wildman–Crippen MR) is 43.5 cm³/mol. The van der Waals surface area contributed by atoms with Gasteiger partial charge in [-0.15, -0.1) is 0 Å². The third kappa shape index (κ3) is 6.28. The zero-order valence-corrected chi connectivity index (χ0v) is 7.33. The molecule has 0 aliphatic heterocycles. The normalized spacial score (nSPS) is 12.2. The summed E-state index contributed by atoms with van der Waals surface area (Å²) >= 11 is 0. The Labute approximate surface area is 79.7 Å². The lowest BCUT2D eigenvalue weighted by molar-refractivity contribution is -0.120. The standard InChI is InChI=1S/C7H11F2N3O2/c8-7(9)5(13)3-11-4-6(14)12-2-1-10/h5,7,11,13H,2-4H2,(H,12,14). The molecule has 1 atom stereocenters. The van der Waals surface area contributed by atoms with Gasteiger partial charge in [0, 0.05) is 6.54 Å². The lowest BCUT2D eigenvalue weighted by Crippen LogP contribution is -2.39. The molecule has 5 nitrogen and oxygen atoms in total. The molecule has 0 saturated heterocycles. The summed E-state index contributed by atoms with van der Waals surface area (Å²) in [7, 11) is 0. The van der Waals surface area contributed by atoms with Crippen LogP contribution in [0, 0.1) is 11.3 Å². The number of aliphatic hydroxyl groups is 1. The first-order chi connectivity index (χ1) is 6.57. The Hall–Kier alpha value is -1.26. The number of alkyl halides is 2. The van der Waals surface area contributed by atoms with Crippen molar-refractivity contribution in [3.8, 4) is 6.07 Å². The number of nitriles is 1. The third-order valence-corrected chi connectivity index (χ3v) is 1.29. The fraction of sp³-hybridized carbons (Fsp3) is 0.714. The van der Waals surface area contributed by atoms with Crippen molar-refractivity contribution in [2.75, 3.05) is 19.6 Å². The van der Waals surface area contributed by atoms with Crippen LogP contribution in [0.3, 0.4) is 0 Å². The number of halogens is 2. The summed E-state index contributed by atoms with van der Waals surface area (Å²) in [6.07, 6.45) is -4.61. The number of carbonyl (C=O) groups excluding carboxylic acids is 1. The fourth-order valence-corrected chi connectivity index (χ4v) is 0.623. The maximum atomic E-state index is 11.7. The number of amides is 1. The summed E-state index contributed by atoms with van der Waals surface area (Å²) in [5, 5.41) is 21.2. The van der Waals surface area contributed by atoms with Crippen LogP contribution in [-0.2, 0) is 4.79 Å². The molecule has 0 aromatic carbocycles. The van der Waals surface area contributed by atoms with Crippen LogP contribution in [0.15, 0.2) is 0 Å². The van der Waals surface area contributed by atoms with E-state index >= 15 is 0 Å². The average molecular weight is 207 g/mol. The van der Waals surface area contributed by atoms with Crippen molar-refractivity contribution in [1.82, 2.24) is 10.6 Å². The van der Waals surface area contributed by atoms with E-state index in [-0.39, 0.29) is 19.6 Å². The number of nitrogens with one attached hydrogen (secondary N) is 2. The molecule has 0 heterocycles. The smallest absolute Gasteiger partial charge is 0.265 e. The van der Waals surface area contributed by atoms with E-state index in [1.54, 1.807) is 6.07 Å². The van der Waals surface area contributed by atoms with Crippen LogP contribution in [-0.4, -0.2) is 43.2 Å². The maximum absolute atomic E-state index is 11.7. The third-order valence-electron chi connectivity index (χ3n) is 1.29. The first kappa shape index (κ1) is 12.7. The van der Waals surface area contributed by atoms with E-state index in [0.29, 0.717) is 0 Å². The maximum Gasteiger partial charge on any atom is 0.265 e. The zero-order chi connectivity index (χ0) is 11.0. The van der Waals surface area contributed by atoms with Gasteiger partial charge in [0.05, 0.1) is 12.6 Å². The highest BCUT2D eigenvalue weighted by atomic mass is 19.3. The molecule has 0 radical (unpaired) electrons. The van der Waals surface area contributed by atoms with Gasteiger partial charge in [0.2, 0.25) is 5.91 Å². The van der Waals surface area contributed by atoms with Crippen molar-refractivity contribution in [1.29, 1.82) is 5.26 Å². The van der Waals surface area contributed by atoms with Gasteiger partial charge in [-0.2, -0.15) is 5.26 Å². The highest BCUT2D eigenvalue weighted by Gasteiger charge is 2.15. The van der Waals surface area contributed by atoms with Gasteiger partial charge >= 0.3 is 0 Å². The van der Waals surface area contributed by atoms with E-state index in [2.05, 4.69) is 10.6 Å². The molecule has 14 heavy (non-hydrogen) atoms. The average Bonchev–Trinajstić information content (AvgIpc) is 2.14. The fourth-order valence-electron chi connectivity index (χ4n) is 0.623. The van der Waals surface area contributed by atoms with Gasteiger partial charge in [0.1, 0.15) is 12.6 Å². The highest BCUT2D eigenvalue weighted by Crippen LogP contribution is 1.97. The molecule has 0 spiro atoms. The Morgan fingerprint density at radius 2 is 2.21 bits per heavy atom. The summed E-state index contributed by atoms with van der Waals surface area (Å²) in [4.78, 5) is 10.8. The number of hydrogen-bond acceptors (Lipinski definition) is 4. The van der Waals surface area contributed by atoms with Crippen molar-refractivity contribution >= 4 is 5.91 Å². The van der Waals surface area contributed by atoms with Gasteiger partial charge in [0.15, 0.2) is 0 Å². The van der Waals surface area contributed by atoms with Crippen LogP contribution in [0.2, 0.25) is 0 Å². The molecule has 0 bridgehead atoms. The van der Waals surface area contributed by atoms with Crippen LogP contribution in [0.5, 0.6) is 0 Å². The van der Waals surface area contributed by atoms with Crippen molar-refractivity contribution in [2.24, 2.45) is 0 Å². The number of hydrogen-bond donors (Lipinski definition) is 3. The highest BCUT2D eigenvalue weighted by molar-refractivity contribution is 5.78. The Morgan fingerprint density at radius 1 is 1.57 bits per heavy atom. The minimum absolute atomic E-state index is 0.127. The summed E-state index contributed by atoms with van der Waals surface area (Å²) in [6, 6.07) is 1.69. The Kier molecular flexibility index (Phi) is 6.53. The SMILES string of the molecule is N#CCNC(=O)CNCC(O)C(F)F. The number of carbonyl (C=O) groups is 1. The quantitative estimate of drug-likeness (QED) is 0.480. The first-order valence-corrected chi connectivity index (χ1v) is 3.88. The van der Waals surface area contributed by atoms with E-state index < -0.39 is 18.4 Å². The molecule has 0 rings (SSSR count). The van der Waals surface area contributed by atoms with Crippen LogP contribution >= 0.6 is 0 Å². The summed E-state index contributed by atoms with van der Waals surface area (Å²) in [5.74, 6) is -0.479. The molecule has 0 fully saturated rings. The largest absolute Gasteiger partial charge is 0.386 e. The number of aliphatic hydroxyl groups excluding tert-OH is 1. The predicted octanol–water partition coefficient (Wildman–Crippen LogP) is -1.16. The Balaban J connectivity index is 3.45. The van der Waals surface area contributed by atoms with Crippen molar-refractivity contribution in [2.45, 2.75) is 12.5 Å². The molecule has 0 aromatic rings. The van der Waals surface area contributed by atoms with Crippen LogP contribution in [0.4, 0.5) is 8.78 Å². The molecule has 0 aliphatic carbocycles. The van der Waals surface area contributed by atoms with Gasteiger partial charge in [0.25, 0.3) is 6.43 Å². The second-order valence-electron chi connectivity index (χ2n) is 2.47. The first-order valence-electron chi connectivity index (χ1n) is 3.88. The zero-order valence-electron chi connectivity index (χ0n) is 7.33. The van der Waals surface area contributed by atoms with E-state index in [1.165, 1.54) is 0 Å². The Bertz CT molecular complexity index is 217. The Morgan fingerprint density at radius 3 is 2.71 bits per heavy atom. The van der Waals surface area contributed by atoms with Crippen molar-refractivity contribution in [3.05, 3.63) is 0 Å². The number of nitrogens with zero attached hydrogens (tertiary/aromatic N) is 1. The molecular formula is C7H11F2N3O2. The van der Waals surface area contributed by atoms with Crippen molar-refractivity contribution in [3.63, 3.8) is 0 Å². The van der Waals surface area contributed by atoms with E-state index in [9.17, 15) is 13.6 Å². The van der Waals surface area contributed by atoms with Gasteiger partial charge in [-0.1, -0.05) is 0 Å². The van der Waals surface area contributed by atoms with E-state index in [0.717, 1.165) is 0 Å². The molecule has 80 valence electrons. The molecule has 0 aromatic heterocycles. The number of rotatable bonds is 6. The van der Waals surface area contributed by atoms with Gasteiger partial charge in [-0.25, -0.2) is 8.78 Å². The van der Waals surface area contributed by atoms with E-state index in [4.69, 9.17) is 10.4 Å². The second kappa shape index (κ2) is 7.17. The molecule has 0 saturated carbocycles. The van der Waals surface area contributed by atoms with Crippen molar-refractivity contribution < 1.29 is 18.7 Å². The van der Waals surface area contributed by atoms with Gasteiger partial charge in [-0.3, -0.25) is 4.79 Å². The molecule has 3 N–H and O–H groups in total. The van der Waals surface area contributed by atoms with Crippen LogP contribution in [0.1, 0.15) is 0 Å². The lowest BCUT2D eigenvalue weighted by atomic mass is 10.3. The topological polar surface area (TPSA) is 85.2 Å². The summed E-state index contributed by atoms with van der Waals surface area (Å²) < 4.78 is 23.4. The summed E-state index contributed by atoms with van der Waals surface area (Å²) in [6.45, 7) is -0.693. The minimum Gasteiger partial charge on any atom is -0.386 e. The van der Waals surface area contributed by atoms with Gasteiger partial charge in [-0.05, 0) is 0 Å². The van der Waals surface area contributed by atoms with Gasteiger partial charge < -0.3 is 15.7 Å². The van der Waals surface area contributed by atoms with E-state index in [1.807, 2.05) is 0 Å². The molecule has 1 amide bonds. The molecule has 0 aliphatic rings. The molecule has 1 unspecified atom stereocenters. The lowest BCUT2D eigenvalue weighted by Gasteiger charge is -2.09. The second-order valence-corrected chi connectivity index (χ2v) is 2.47. The van der Waals surface area contributed by atoms with Crippen LogP contribution < -0.4 is 10.6 Å². The van der Waals surface area contributed by atoms with Crippen LogP contribution in [0.25, 0.3) is 0 Å². The molecule has 7 heteroatoms. The minimum atomic E-state index is -2.83. The molecular weight excluding hydrogens is 196 g/mol. The monoisotopic (exact) mass is 207 g/mol.